The summed E-state index contributed by atoms with van der Waals surface area (Å²) >= 11 is 3.45. The summed E-state index contributed by atoms with van der Waals surface area (Å²) in [5.74, 6) is 0.727. The van der Waals surface area contributed by atoms with Gasteiger partial charge in [0, 0.05) is 11.9 Å². The maximum atomic E-state index is 5.04. The standard InChI is InChI=1S/C5H9BrO/c1-3-4(6)5(3)7-2/h3-5H,1-2H3/t3-,4+,5-/m0/s1. The first kappa shape index (κ1) is 5.57. The summed E-state index contributed by atoms with van der Waals surface area (Å²) in [4.78, 5) is 0.623. The first-order valence-electron chi connectivity index (χ1n) is 2.44. The second kappa shape index (κ2) is 1.75. The average Bonchev–Trinajstić information content (AvgIpc) is 2.17. The van der Waals surface area contributed by atoms with Gasteiger partial charge in [0.05, 0.1) is 6.10 Å². The third kappa shape index (κ3) is 0.820. The minimum atomic E-state index is 0.486. The van der Waals surface area contributed by atoms with Gasteiger partial charge in [-0.1, -0.05) is 22.9 Å². The van der Waals surface area contributed by atoms with Crippen molar-refractivity contribution in [2.45, 2.75) is 17.9 Å². The fourth-order valence-corrected chi connectivity index (χ4v) is 1.55. The van der Waals surface area contributed by atoms with Crippen molar-refractivity contribution in [1.29, 1.82) is 0 Å². The van der Waals surface area contributed by atoms with Crippen LogP contribution in [-0.2, 0) is 4.74 Å². The lowest BCUT2D eigenvalue weighted by atomic mass is 10.5. The zero-order chi connectivity index (χ0) is 5.44. The lowest BCUT2D eigenvalue weighted by Gasteiger charge is -1.85. The Labute approximate surface area is 52.2 Å². The van der Waals surface area contributed by atoms with Crippen LogP contribution in [0.25, 0.3) is 0 Å². The van der Waals surface area contributed by atoms with E-state index in [-0.39, 0.29) is 0 Å². The molecule has 0 aromatic rings. The topological polar surface area (TPSA) is 9.23 Å². The van der Waals surface area contributed by atoms with E-state index >= 15 is 0 Å². The number of alkyl halides is 1. The van der Waals surface area contributed by atoms with E-state index in [9.17, 15) is 0 Å². The Balaban J connectivity index is 2.24. The number of halogens is 1. The molecule has 0 amide bonds. The zero-order valence-electron chi connectivity index (χ0n) is 4.52. The number of hydrogen-bond acceptors (Lipinski definition) is 1. The molecule has 1 rings (SSSR count). The Bertz CT molecular complexity index is 66.5. The molecule has 0 aromatic heterocycles. The average molecular weight is 165 g/mol. The molecule has 0 bridgehead atoms. The molecule has 1 fully saturated rings. The number of methoxy groups -OCH3 is 1. The second-order valence-corrected chi connectivity index (χ2v) is 3.06. The van der Waals surface area contributed by atoms with Crippen molar-refractivity contribution in [3.63, 3.8) is 0 Å². The molecule has 3 atom stereocenters. The Morgan fingerprint density at radius 1 is 1.57 bits per heavy atom. The van der Waals surface area contributed by atoms with Crippen LogP contribution in [0.15, 0.2) is 0 Å². The molecule has 0 aliphatic heterocycles. The van der Waals surface area contributed by atoms with Gasteiger partial charge in [0.15, 0.2) is 0 Å². The predicted octanol–water partition coefficient (Wildman–Crippen LogP) is 1.41. The summed E-state index contributed by atoms with van der Waals surface area (Å²) in [5.41, 5.74) is 0. The quantitative estimate of drug-likeness (QED) is 0.534. The lowest BCUT2D eigenvalue weighted by Crippen LogP contribution is -1.88. The molecular weight excluding hydrogens is 156 g/mol. The van der Waals surface area contributed by atoms with Gasteiger partial charge in [0.25, 0.3) is 0 Å². The molecule has 0 spiro atoms. The van der Waals surface area contributed by atoms with Gasteiger partial charge in [-0.2, -0.15) is 0 Å². The normalized spacial score (nSPS) is 49.3. The van der Waals surface area contributed by atoms with Crippen molar-refractivity contribution in [3.05, 3.63) is 0 Å². The van der Waals surface area contributed by atoms with Crippen LogP contribution in [0.2, 0.25) is 0 Å². The van der Waals surface area contributed by atoms with E-state index in [4.69, 9.17) is 4.74 Å². The van der Waals surface area contributed by atoms with Crippen molar-refractivity contribution in [2.75, 3.05) is 7.11 Å². The van der Waals surface area contributed by atoms with Crippen LogP contribution >= 0.6 is 15.9 Å². The summed E-state index contributed by atoms with van der Waals surface area (Å²) in [6, 6.07) is 0. The SMILES string of the molecule is CO[C@H]1[C@@H](C)[C@H]1Br. The maximum absolute atomic E-state index is 5.04. The minimum Gasteiger partial charge on any atom is -0.380 e. The smallest absolute Gasteiger partial charge is 0.0736 e. The van der Waals surface area contributed by atoms with Gasteiger partial charge in [-0.15, -0.1) is 0 Å². The maximum Gasteiger partial charge on any atom is 0.0736 e. The molecule has 1 nitrogen and oxygen atoms in total. The fraction of sp³-hybridized carbons (Fsp3) is 1.00. The molecular formula is C5H9BrO. The highest BCUT2D eigenvalue weighted by molar-refractivity contribution is 9.09. The van der Waals surface area contributed by atoms with Gasteiger partial charge in [0.1, 0.15) is 0 Å². The molecule has 7 heavy (non-hydrogen) atoms. The van der Waals surface area contributed by atoms with Gasteiger partial charge in [0.2, 0.25) is 0 Å². The Morgan fingerprint density at radius 3 is 2.00 bits per heavy atom. The largest absolute Gasteiger partial charge is 0.380 e. The number of ether oxygens (including phenoxy) is 1. The van der Waals surface area contributed by atoms with Crippen LogP contribution in [0, 0.1) is 5.92 Å². The fourth-order valence-electron chi connectivity index (χ4n) is 0.724. The van der Waals surface area contributed by atoms with Gasteiger partial charge >= 0.3 is 0 Å². The van der Waals surface area contributed by atoms with Crippen molar-refractivity contribution in [1.82, 2.24) is 0 Å². The Morgan fingerprint density at radius 2 is 2.00 bits per heavy atom. The van der Waals surface area contributed by atoms with Crippen LogP contribution in [0.3, 0.4) is 0 Å². The Kier molecular flexibility index (Phi) is 1.39. The summed E-state index contributed by atoms with van der Waals surface area (Å²) in [7, 11) is 1.75. The summed E-state index contributed by atoms with van der Waals surface area (Å²) in [6.45, 7) is 2.17. The third-order valence-corrected chi connectivity index (χ3v) is 2.82. The van der Waals surface area contributed by atoms with Crippen molar-refractivity contribution < 1.29 is 4.74 Å². The highest BCUT2D eigenvalue weighted by atomic mass is 79.9. The predicted molar refractivity (Wildman–Crippen MR) is 32.7 cm³/mol. The summed E-state index contributed by atoms with van der Waals surface area (Å²) in [6.07, 6.45) is 0.486. The van der Waals surface area contributed by atoms with E-state index in [1.165, 1.54) is 0 Å². The molecule has 0 aromatic carbocycles. The molecule has 0 heterocycles. The monoisotopic (exact) mass is 164 g/mol. The molecule has 1 aliphatic rings. The van der Waals surface area contributed by atoms with Crippen LogP contribution in [0.4, 0.5) is 0 Å². The molecule has 0 unspecified atom stereocenters. The number of rotatable bonds is 1. The minimum absolute atomic E-state index is 0.486. The molecule has 1 aliphatic carbocycles. The molecule has 42 valence electrons. The van der Waals surface area contributed by atoms with E-state index in [2.05, 4.69) is 22.9 Å². The van der Waals surface area contributed by atoms with Gasteiger partial charge in [-0.3, -0.25) is 0 Å². The molecule has 1 saturated carbocycles. The molecule has 0 N–H and O–H groups in total. The van der Waals surface area contributed by atoms with E-state index in [0.717, 1.165) is 5.92 Å². The highest BCUT2D eigenvalue weighted by Crippen LogP contribution is 2.39. The van der Waals surface area contributed by atoms with Gasteiger partial charge in [-0.25, -0.2) is 0 Å². The summed E-state index contributed by atoms with van der Waals surface area (Å²) in [5, 5.41) is 0. The van der Waals surface area contributed by atoms with E-state index < -0.39 is 0 Å². The molecule has 2 heteroatoms. The van der Waals surface area contributed by atoms with E-state index in [1.54, 1.807) is 7.11 Å². The third-order valence-electron chi connectivity index (χ3n) is 1.47. The summed E-state index contributed by atoms with van der Waals surface area (Å²) < 4.78 is 5.04. The van der Waals surface area contributed by atoms with Crippen molar-refractivity contribution >= 4 is 15.9 Å². The van der Waals surface area contributed by atoms with Crippen LogP contribution < -0.4 is 0 Å². The van der Waals surface area contributed by atoms with Crippen LogP contribution in [-0.4, -0.2) is 18.0 Å². The zero-order valence-corrected chi connectivity index (χ0v) is 6.10. The number of hydrogen-bond donors (Lipinski definition) is 0. The van der Waals surface area contributed by atoms with Gasteiger partial charge < -0.3 is 4.74 Å². The highest BCUT2D eigenvalue weighted by Gasteiger charge is 2.45. The molecule has 0 saturated heterocycles. The molecule has 0 radical (unpaired) electrons. The lowest BCUT2D eigenvalue weighted by molar-refractivity contribution is 0.173. The van der Waals surface area contributed by atoms with Crippen LogP contribution in [0.5, 0.6) is 0 Å². The first-order chi connectivity index (χ1) is 3.27. The van der Waals surface area contributed by atoms with E-state index in [1.807, 2.05) is 0 Å². The Hall–Kier alpha value is 0.440. The van der Waals surface area contributed by atoms with E-state index in [0.29, 0.717) is 10.9 Å². The second-order valence-electron chi connectivity index (χ2n) is 2.00. The van der Waals surface area contributed by atoms with Crippen LogP contribution in [0.1, 0.15) is 6.92 Å². The first-order valence-corrected chi connectivity index (χ1v) is 3.36. The van der Waals surface area contributed by atoms with Crippen molar-refractivity contribution in [2.24, 2.45) is 5.92 Å². The van der Waals surface area contributed by atoms with Crippen molar-refractivity contribution in [3.8, 4) is 0 Å². The van der Waals surface area contributed by atoms with Gasteiger partial charge in [-0.05, 0) is 5.92 Å².